The molecule has 7 nitrogen and oxygen atoms in total. The summed E-state index contributed by atoms with van der Waals surface area (Å²) in [5, 5.41) is 2.48. The van der Waals surface area contributed by atoms with Crippen molar-refractivity contribution in [2.24, 2.45) is 0 Å². The van der Waals surface area contributed by atoms with Crippen molar-refractivity contribution < 1.29 is 23.9 Å². The first-order valence-corrected chi connectivity index (χ1v) is 11.4. The van der Waals surface area contributed by atoms with Gasteiger partial charge in [0.2, 0.25) is 0 Å². The van der Waals surface area contributed by atoms with E-state index >= 15 is 0 Å². The molecule has 3 aromatic carbocycles. The van der Waals surface area contributed by atoms with Gasteiger partial charge in [0.05, 0.1) is 17.3 Å². The smallest absolute Gasteiger partial charge is 0.335 e. The van der Waals surface area contributed by atoms with Crippen molar-refractivity contribution in [1.29, 1.82) is 0 Å². The summed E-state index contributed by atoms with van der Waals surface area (Å²) in [5.74, 6) is -0.795. The first kappa shape index (κ1) is 24.0. The second-order valence-corrected chi connectivity index (χ2v) is 8.24. The molecule has 0 atom stereocenters. The second kappa shape index (κ2) is 10.4. The van der Waals surface area contributed by atoms with E-state index in [0.717, 1.165) is 16.0 Å². The maximum absolute atomic E-state index is 13.1. The first-order chi connectivity index (χ1) is 16.9. The minimum Gasteiger partial charge on any atom is -0.490 e. The Morgan fingerprint density at radius 3 is 2.37 bits per heavy atom. The zero-order valence-electron chi connectivity index (χ0n) is 19.2. The number of carbonyl (C=O) groups is 3. The highest BCUT2D eigenvalue weighted by Gasteiger charge is 2.36. The third-order valence-corrected chi connectivity index (χ3v) is 5.54. The molecule has 1 saturated heterocycles. The van der Waals surface area contributed by atoms with Gasteiger partial charge in [-0.3, -0.25) is 14.9 Å². The fourth-order valence-corrected chi connectivity index (χ4v) is 3.83. The van der Waals surface area contributed by atoms with Crippen LogP contribution in [0.2, 0.25) is 5.02 Å². The standard InChI is InChI=1S/C27H23ClN2O5/c1-3-34-23-15-19(14-22(28)24(23)35-16-18-7-5-4-6-8-18)13-21-25(31)29-27(33)30(26(21)32)20-11-9-17(2)10-12-20/h4-15H,3,16H2,1-2H3,(H,29,31,33)/b21-13+. The van der Waals surface area contributed by atoms with E-state index in [4.69, 9.17) is 21.1 Å². The van der Waals surface area contributed by atoms with Crippen molar-refractivity contribution >= 4 is 41.2 Å². The fourth-order valence-electron chi connectivity index (χ4n) is 3.56. The maximum Gasteiger partial charge on any atom is 0.335 e. The molecule has 0 aromatic heterocycles. The average Bonchev–Trinajstić information content (AvgIpc) is 2.83. The third kappa shape index (κ3) is 5.36. The minimum absolute atomic E-state index is 0.207. The number of halogens is 1. The van der Waals surface area contributed by atoms with Crippen LogP contribution in [0.4, 0.5) is 10.5 Å². The molecule has 1 heterocycles. The Morgan fingerprint density at radius 1 is 0.971 bits per heavy atom. The molecule has 35 heavy (non-hydrogen) atoms. The average molecular weight is 491 g/mol. The van der Waals surface area contributed by atoms with Gasteiger partial charge in [0.25, 0.3) is 11.8 Å². The molecule has 1 aliphatic rings. The lowest BCUT2D eigenvalue weighted by Gasteiger charge is -2.26. The topological polar surface area (TPSA) is 84.9 Å². The van der Waals surface area contributed by atoms with Crippen LogP contribution < -0.4 is 19.7 Å². The number of anilines is 1. The van der Waals surface area contributed by atoms with Crippen LogP contribution in [0.15, 0.2) is 72.3 Å². The number of imide groups is 2. The van der Waals surface area contributed by atoms with Crippen molar-refractivity contribution in [2.45, 2.75) is 20.5 Å². The van der Waals surface area contributed by atoms with Crippen LogP contribution in [-0.4, -0.2) is 24.5 Å². The summed E-state index contributed by atoms with van der Waals surface area (Å²) in [7, 11) is 0. The number of hydrogen-bond acceptors (Lipinski definition) is 5. The number of hydrogen-bond donors (Lipinski definition) is 1. The SMILES string of the molecule is CCOc1cc(/C=C2\C(=O)NC(=O)N(c3ccc(C)cc3)C2=O)cc(Cl)c1OCc1ccccc1. The van der Waals surface area contributed by atoms with E-state index in [1.165, 1.54) is 6.08 Å². The highest BCUT2D eigenvalue weighted by atomic mass is 35.5. The molecule has 1 fully saturated rings. The van der Waals surface area contributed by atoms with Crippen LogP contribution in [0, 0.1) is 6.92 Å². The Morgan fingerprint density at radius 2 is 1.69 bits per heavy atom. The number of amides is 4. The second-order valence-electron chi connectivity index (χ2n) is 7.83. The van der Waals surface area contributed by atoms with Crippen LogP contribution in [0.1, 0.15) is 23.6 Å². The lowest BCUT2D eigenvalue weighted by Crippen LogP contribution is -2.54. The molecular formula is C27H23ClN2O5. The lowest BCUT2D eigenvalue weighted by atomic mass is 10.1. The number of ether oxygens (including phenoxy) is 2. The molecule has 1 aliphatic heterocycles. The van der Waals surface area contributed by atoms with E-state index in [0.29, 0.717) is 29.4 Å². The summed E-state index contributed by atoms with van der Waals surface area (Å²) in [6.45, 7) is 4.36. The van der Waals surface area contributed by atoms with Gasteiger partial charge < -0.3 is 9.47 Å². The highest BCUT2D eigenvalue weighted by Crippen LogP contribution is 2.38. The Hall–Kier alpha value is -4.10. The van der Waals surface area contributed by atoms with E-state index in [1.807, 2.05) is 44.2 Å². The molecule has 3 aromatic rings. The fraction of sp³-hybridized carbons (Fsp3) is 0.148. The van der Waals surface area contributed by atoms with E-state index in [2.05, 4.69) is 5.32 Å². The monoisotopic (exact) mass is 490 g/mol. The van der Waals surface area contributed by atoms with Gasteiger partial charge in [-0.1, -0.05) is 59.6 Å². The minimum atomic E-state index is -0.807. The normalized spacial score (nSPS) is 14.8. The molecule has 4 rings (SSSR count). The Balaban J connectivity index is 1.66. The van der Waals surface area contributed by atoms with E-state index in [1.54, 1.807) is 36.4 Å². The van der Waals surface area contributed by atoms with Crippen molar-refractivity contribution in [3.05, 3.63) is 94.0 Å². The lowest BCUT2D eigenvalue weighted by molar-refractivity contribution is -0.122. The molecule has 8 heteroatoms. The molecule has 1 N–H and O–H groups in total. The van der Waals surface area contributed by atoms with Crippen LogP contribution in [0.3, 0.4) is 0 Å². The number of rotatable bonds is 7. The molecule has 0 saturated carbocycles. The Kier molecular flexibility index (Phi) is 7.17. The number of urea groups is 1. The third-order valence-electron chi connectivity index (χ3n) is 5.26. The van der Waals surface area contributed by atoms with Gasteiger partial charge >= 0.3 is 6.03 Å². The summed E-state index contributed by atoms with van der Waals surface area (Å²) in [6, 6.07) is 18.8. The summed E-state index contributed by atoms with van der Waals surface area (Å²) in [4.78, 5) is 39.0. The first-order valence-electron chi connectivity index (χ1n) is 11.0. The predicted molar refractivity (Wildman–Crippen MR) is 134 cm³/mol. The van der Waals surface area contributed by atoms with Crippen LogP contribution in [-0.2, 0) is 16.2 Å². The van der Waals surface area contributed by atoms with Crippen LogP contribution in [0.5, 0.6) is 11.5 Å². The summed E-state index contributed by atoms with van der Waals surface area (Å²) >= 11 is 6.51. The van der Waals surface area contributed by atoms with Crippen molar-refractivity contribution in [3.63, 3.8) is 0 Å². The number of benzene rings is 3. The van der Waals surface area contributed by atoms with Gasteiger partial charge in [0.15, 0.2) is 11.5 Å². The molecule has 4 amide bonds. The molecular weight excluding hydrogens is 468 g/mol. The van der Waals surface area contributed by atoms with Gasteiger partial charge in [-0.2, -0.15) is 0 Å². The summed E-state index contributed by atoms with van der Waals surface area (Å²) in [6.07, 6.45) is 1.38. The molecule has 0 aliphatic carbocycles. The molecule has 0 bridgehead atoms. The number of nitrogens with zero attached hydrogens (tertiary/aromatic N) is 1. The number of carbonyl (C=O) groups excluding carboxylic acids is 3. The number of aryl methyl sites for hydroxylation is 1. The zero-order chi connectivity index (χ0) is 24.9. The Bertz CT molecular complexity index is 1300. The molecule has 0 spiro atoms. The van der Waals surface area contributed by atoms with Crippen molar-refractivity contribution in [3.8, 4) is 11.5 Å². The van der Waals surface area contributed by atoms with Crippen LogP contribution in [0.25, 0.3) is 6.08 Å². The maximum atomic E-state index is 13.1. The number of nitrogens with one attached hydrogen (secondary N) is 1. The zero-order valence-corrected chi connectivity index (χ0v) is 20.0. The Labute approximate surface area is 207 Å². The summed E-state index contributed by atoms with van der Waals surface area (Å²) in [5.41, 5.74) is 2.53. The van der Waals surface area contributed by atoms with E-state index < -0.39 is 17.8 Å². The van der Waals surface area contributed by atoms with E-state index in [-0.39, 0.29) is 17.2 Å². The highest BCUT2D eigenvalue weighted by molar-refractivity contribution is 6.39. The van der Waals surface area contributed by atoms with Gasteiger partial charge in [0, 0.05) is 0 Å². The largest absolute Gasteiger partial charge is 0.490 e. The molecule has 0 radical (unpaired) electrons. The molecule has 178 valence electrons. The van der Waals surface area contributed by atoms with E-state index in [9.17, 15) is 14.4 Å². The quantitative estimate of drug-likeness (QED) is 0.359. The van der Waals surface area contributed by atoms with Crippen molar-refractivity contribution in [2.75, 3.05) is 11.5 Å². The predicted octanol–water partition coefficient (Wildman–Crippen LogP) is 5.29. The molecule has 0 unspecified atom stereocenters. The van der Waals surface area contributed by atoms with Crippen molar-refractivity contribution in [1.82, 2.24) is 5.32 Å². The summed E-state index contributed by atoms with van der Waals surface area (Å²) < 4.78 is 11.6. The number of barbiturate groups is 1. The van der Waals surface area contributed by atoms with Gasteiger partial charge in [-0.05, 0) is 55.3 Å². The van der Waals surface area contributed by atoms with Gasteiger partial charge in [-0.25, -0.2) is 9.69 Å². The van der Waals surface area contributed by atoms with Gasteiger partial charge in [-0.15, -0.1) is 0 Å². The van der Waals surface area contributed by atoms with Gasteiger partial charge in [0.1, 0.15) is 12.2 Å². The van der Waals surface area contributed by atoms with Crippen LogP contribution >= 0.6 is 11.6 Å².